The van der Waals surface area contributed by atoms with Crippen LogP contribution in [-0.2, 0) is 9.59 Å². The number of carbonyl (C=O) groups is 3. The van der Waals surface area contributed by atoms with Gasteiger partial charge in [-0.25, -0.2) is 4.79 Å². The fourth-order valence-corrected chi connectivity index (χ4v) is 2.34. The number of nitrogens with two attached hydrogens (primary N) is 1. The molecule has 7 heteroatoms. The molecule has 1 aromatic rings. The Morgan fingerprint density at radius 2 is 1.92 bits per heavy atom. The number of rotatable bonds is 9. The Balaban J connectivity index is 2.52. The van der Waals surface area contributed by atoms with Crippen LogP contribution in [0, 0.1) is 13.8 Å². The summed E-state index contributed by atoms with van der Waals surface area (Å²) in [7, 11) is 0. The first kappa shape index (κ1) is 19.6. The number of aliphatic carboxylic acids is 1. The average molecular weight is 335 g/mol. The van der Waals surface area contributed by atoms with Crippen LogP contribution >= 0.6 is 0 Å². The maximum atomic E-state index is 12.3. The smallest absolute Gasteiger partial charge is 0.326 e. The SMILES string of the molecule is Cc1ccc(C(=O)N[C@@H](CCCCNC(=O)CN)C(=O)O)c(C)c1. The van der Waals surface area contributed by atoms with Crippen LogP contribution in [-0.4, -0.2) is 42.0 Å². The first-order valence-electron chi connectivity index (χ1n) is 7.92. The van der Waals surface area contributed by atoms with E-state index in [1.165, 1.54) is 0 Å². The first-order chi connectivity index (χ1) is 11.3. The van der Waals surface area contributed by atoms with Crippen molar-refractivity contribution in [2.75, 3.05) is 13.1 Å². The molecule has 0 heterocycles. The molecule has 132 valence electrons. The number of unbranched alkanes of at least 4 members (excludes halogenated alkanes) is 1. The molecule has 7 nitrogen and oxygen atoms in total. The second-order valence-electron chi connectivity index (χ2n) is 5.73. The van der Waals surface area contributed by atoms with Crippen LogP contribution in [0.1, 0.15) is 40.7 Å². The quantitative estimate of drug-likeness (QED) is 0.496. The van der Waals surface area contributed by atoms with E-state index in [1.54, 1.807) is 6.07 Å². The molecule has 0 saturated carbocycles. The second-order valence-corrected chi connectivity index (χ2v) is 5.73. The van der Waals surface area contributed by atoms with Gasteiger partial charge in [0, 0.05) is 12.1 Å². The lowest BCUT2D eigenvalue weighted by Crippen LogP contribution is -2.41. The van der Waals surface area contributed by atoms with Gasteiger partial charge in [0.25, 0.3) is 5.91 Å². The predicted octanol–water partition coefficient (Wildman–Crippen LogP) is 0.732. The number of carboxylic acid groups (broad SMARTS) is 1. The summed E-state index contributed by atoms with van der Waals surface area (Å²) in [6.45, 7) is 4.12. The van der Waals surface area contributed by atoms with E-state index in [-0.39, 0.29) is 12.5 Å². The lowest BCUT2D eigenvalue weighted by molar-refractivity contribution is -0.139. The maximum Gasteiger partial charge on any atom is 0.326 e. The molecule has 1 rings (SSSR count). The normalized spacial score (nSPS) is 11.6. The van der Waals surface area contributed by atoms with E-state index in [0.29, 0.717) is 31.4 Å². The van der Waals surface area contributed by atoms with Crippen molar-refractivity contribution in [2.45, 2.75) is 39.2 Å². The van der Waals surface area contributed by atoms with Crippen LogP contribution < -0.4 is 16.4 Å². The monoisotopic (exact) mass is 335 g/mol. The molecule has 0 saturated heterocycles. The maximum absolute atomic E-state index is 12.3. The predicted molar refractivity (Wildman–Crippen MR) is 90.7 cm³/mol. The topological polar surface area (TPSA) is 122 Å². The Morgan fingerprint density at radius 1 is 1.21 bits per heavy atom. The Labute approximate surface area is 141 Å². The molecule has 0 aromatic heterocycles. The summed E-state index contributed by atoms with van der Waals surface area (Å²) in [4.78, 5) is 34.6. The average Bonchev–Trinajstić information content (AvgIpc) is 2.52. The van der Waals surface area contributed by atoms with Crippen molar-refractivity contribution in [1.29, 1.82) is 0 Å². The molecular formula is C17H25N3O4. The summed E-state index contributed by atoms with van der Waals surface area (Å²) in [6, 6.07) is 4.44. The van der Waals surface area contributed by atoms with Crippen LogP contribution in [0.3, 0.4) is 0 Å². The number of nitrogens with one attached hydrogen (secondary N) is 2. The van der Waals surface area contributed by atoms with Crippen molar-refractivity contribution in [2.24, 2.45) is 5.73 Å². The van der Waals surface area contributed by atoms with Gasteiger partial charge in [0.1, 0.15) is 6.04 Å². The minimum Gasteiger partial charge on any atom is -0.480 e. The minimum absolute atomic E-state index is 0.0658. The van der Waals surface area contributed by atoms with Crippen LogP contribution in [0.4, 0.5) is 0 Å². The van der Waals surface area contributed by atoms with Gasteiger partial charge in [-0.1, -0.05) is 17.7 Å². The van der Waals surface area contributed by atoms with Gasteiger partial charge in [-0.05, 0) is 44.7 Å². The number of hydrogen-bond acceptors (Lipinski definition) is 4. The van der Waals surface area contributed by atoms with Gasteiger partial charge >= 0.3 is 5.97 Å². The molecule has 0 spiro atoms. The van der Waals surface area contributed by atoms with Gasteiger partial charge in [0.15, 0.2) is 0 Å². The summed E-state index contributed by atoms with van der Waals surface area (Å²) in [6.07, 6.45) is 1.48. The molecule has 1 aromatic carbocycles. The van der Waals surface area contributed by atoms with E-state index in [0.717, 1.165) is 11.1 Å². The van der Waals surface area contributed by atoms with E-state index < -0.39 is 17.9 Å². The zero-order valence-corrected chi connectivity index (χ0v) is 14.1. The molecule has 2 amide bonds. The van der Waals surface area contributed by atoms with Gasteiger partial charge in [-0.15, -0.1) is 0 Å². The van der Waals surface area contributed by atoms with E-state index in [4.69, 9.17) is 5.73 Å². The number of carbonyl (C=O) groups excluding carboxylic acids is 2. The van der Waals surface area contributed by atoms with E-state index in [9.17, 15) is 19.5 Å². The van der Waals surface area contributed by atoms with E-state index in [1.807, 2.05) is 26.0 Å². The Kier molecular flexibility index (Phi) is 7.91. The fraction of sp³-hybridized carbons (Fsp3) is 0.471. The molecule has 0 aliphatic carbocycles. The lowest BCUT2D eigenvalue weighted by Gasteiger charge is -2.15. The summed E-state index contributed by atoms with van der Waals surface area (Å²) >= 11 is 0. The zero-order valence-electron chi connectivity index (χ0n) is 14.1. The van der Waals surface area contributed by atoms with Crippen molar-refractivity contribution in [1.82, 2.24) is 10.6 Å². The summed E-state index contributed by atoms with van der Waals surface area (Å²) in [5.41, 5.74) is 7.49. The molecule has 0 fully saturated rings. The lowest BCUT2D eigenvalue weighted by atomic mass is 10.0. The largest absolute Gasteiger partial charge is 0.480 e. The highest BCUT2D eigenvalue weighted by molar-refractivity contribution is 5.97. The number of benzene rings is 1. The van der Waals surface area contributed by atoms with Crippen LogP contribution in [0.15, 0.2) is 18.2 Å². The minimum atomic E-state index is -1.07. The summed E-state index contributed by atoms with van der Waals surface area (Å²) in [5, 5.41) is 14.4. The van der Waals surface area contributed by atoms with Gasteiger partial charge in [0.2, 0.25) is 5.91 Å². The Hall–Kier alpha value is -2.41. The molecular weight excluding hydrogens is 310 g/mol. The number of aryl methyl sites for hydroxylation is 2. The third-order valence-electron chi connectivity index (χ3n) is 3.66. The molecule has 0 aliphatic heterocycles. The fourth-order valence-electron chi connectivity index (χ4n) is 2.34. The number of amides is 2. The molecule has 1 atom stereocenters. The highest BCUT2D eigenvalue weighted by atomic mass is 16.4. The molecule has 5 N–H and O–H groups in total. The Morgan fingerprint density at radius 3 is 2.50 bits per heavy atom. The summed E-state index contributed by atoms with van der Waals surface area (Å²) < 4.78 is 0. The van der Waals surface area contributed by atoms with Crippen molar-refractivity contribution in [3.05, 3.63) is 34.9 Å². The highest BCUT2D eigenvalue weighted by Crippen LogP contribution is 2.11. The number of carboxylic acids is 1. The van der Waals surface area contributed by atoms with Gasteiger partial charge in [0.05, 0.1) is 6.54 Å². The number of hydrogen-bond donors (Lipinski definition) is 4. The van der Waals surface area contributed by atoms with Crippen molar-refractivity contribution in [3.8, 4) is 0 Å². The Bertz CT molecular complexity index is 601. The van der Waals surface area contributed by atoms with Crippen molar-refractivity contribution >= 4 is 17.8 Å². The molecule has 0 aliphatic rings. The zero-order chi connectivity index (χ0) is 18.1. The van der Waals surface area contributed by atoms with Crippen LogP contribution in [0.5, 0.6) is 0 Å². The van der Waals surface area contributed by atoms with E-state index >= 15 is 0 Å². The van der Waals surface area contributed by atoms with Crippen LogP contribution in [0.2, 0.25) is 0 Å². The third kappa shape index (κ3) is 6.37. The van der Waals surface area contributed by atoms with Crippen molar-refractivity contribution < 1.29 is 19.5 Å². The molecule has 0 unspecified atom stereocenters. The molecule has 24 heavy (non-hydrogen) atoms. The van der Waals surface area contributed by atoms with Crippen molar-refractivity contribution in [3.63, 3.8) is 0 Å². The third-order valence-corrected chi connectivity index (χ3v) is 3.66. The summed E-state index contributed by atoms with van der Waals surface area (Å²) in [5.74, 6) is -1.71. The van der Waals surface area contributed by atoms with Gasteiger partial charge in [-0.3, -0.25) is 9.59 Å². The van der Waals surface area contributed by atoms with Gasteiger partial charge in [-0.2, -0.15) is 0 Å². The van der Waals surface area contributed by atoms with E-state index in [2.05, 4.69) is 10.6 Å². The molecule has 0 radical (unpaired) electrons. The second kappa shape index (κ2) is 9.67. The molecule has 0 bridgehead atoms. The standard InChI is InChI=1S/C17H25N3O4/c1-11-6-7-13(12(2)9-11)16(22)20-14(17(23)24)5-3-4-8-19-15(21)10-18/h6-7,9,14H,3-5,8,10,18H2,1-2H3,(H,19,21)(H,20,22)(H,23,24)/t14-/m0/s1. The van der Waals surface area contributed by atoms with Crippen LogP contribution in [0.25, 0.3) is 0 Å². The first-order valence-corrected chi connectivity index (χ1v) is 7.92. The highest BCUT2D eigenvalue weighted by Gasteiger charge is 2.21. The van der Waals surface area contributed by atoms with Gasteiger partial charge < -0.3 is 21.5 Å².